The summed E-state index contributed by atoms with van der Waals surface area (Å²) in [6.45, 7) is 1.80. The highest BCUT2D eigenvalue weighted by atomic mass is 35.5. The molecule has 0 aromatic heterocycles. The molecule has 0 bridgehead atoms. The fraction of sp³-hybridized carbons (Fsp3) is 0.429. The summed E-state index contributed by atoms with van der Waals surface area (Å²) in [6, 6.07) is 2.50. The first-order chi connectivity index (χ1) is 9.92. The molecule has 0 saturated carbocycles. The van der Waals surface area contributed by atoms with Gasteiger partial charge in [-0.2, -0.15) is 0 Å². The highest BCUT2D eigenvalue weighted by Crippen LogP contribution is 2.35. The maximum absolute atomic E-state index is 12.2. The van der Waals surface area contributed by atoms with Gasteiger partial charge in [-0.1, -0.05) is 18.5 Å². The van der Waals surface area contributed by atoms with Gasteiger partial charge in [-0.15, -0.1) is 0 Å². The lowest BCUT2D eigenvalue weighted by molar-refractivity contribution is -0.137. The third-order valence-corrected chi connectivity index (χ3v) is 3.23. The number of aliphatic carboxylic acids is 1. The molecule has 0 aliphatic rings. The summed E-state index contributed by atoms with van der Waals surface area (Å²) in [5, 5.41) is 11.7. The summed E-state index contributed by atoms with van der Waals surface area (Å²) in [5.74, 6) is -0.701. The lowest BCUT2D eigenvalue weighted by Gasteiger charge is -2.16. The van der Waals surface area contributed by atoms with Gasteiger partial charge >= 0.3 is 5.97 Å². The van der Waals surface area contributed by atoms with Gasteiger partial charge in [-0.05, 0) is 18.6 Å². The van der Waals surface area contributed by atoms with Crippen molar-refractivity contribution in [3.05, 3.63) is 22.7 Å². The molecule has 116 valence electrons. The SMILES string of the molecule is CCC(CC(=O)O)NC(=O)c1cc(Cl)c(OC)c(OC)c1. The maximum Gasteiger partial charge on any atom is 0.305 e. The fourth-order valence-electron chi connectivity index (χ4n) is 1.83. The van der Waals surface area contributed by atoms with E-state index in [9.17, 15) is 9.59 Å². The molecule has 2 N–H and O–H groups in total. The second-order valence-corrected chi connectivity index (χ2v) is 4.78. The minimum absolute atomic E-state index is 0.136. The van der Waals surface area contributed by atoms with E-state index in [2.05, 4.69) is 5.32 Å². The smallest absolute Gasteiger partial charge is 0.305 e. The van der Waals surface area contributed by atoms with Gasteiger partial charge in [-0.25, -0.2) is 0 Å². The van der Waals surface area contributed by atoms with Crippen molar-refractivity contribution in [1.82, 2.24) is 5.32 Å². The minimum Gasteiger partial charge on any atom is -0.493 e. The van der Waals surface area contributed by atoms with E-state index in [1.807, 2.05) is 0 Å². The largest absolute Gasteiger partial charge is 0.493 e. The molecule has 1 unspecified atom stereocenters. The highest BCUT2D eigenvalue weighted by molar-refractivity contribution is 6.32. The van der Waals surface area contributed by atoms with Crippen LogP contribution in [0.25, 0.3) is 0 Å². The Balaban J connectivity index is 2.97. The average Bonchev–Trinajstić information content (AvgIpc) is 2.44. The van der Waals surface area contributed by atoms with Crippen LogP contribution in [0.15, 0.2) is 12.1 Å². The van der Waals surface area contributed by atoms with Crippen molar-refractivity contribution in [2.45, 2.75) is 25.8 Å². The maximum atomic E-state index is 12.2. The second-order valence-electron chi connectivity index (χ2n) is 4.37. The van der Waals surface area contributed by atoms with Crippen LogP contribution in [0.3, 0.4) is 0 Å². The van der Waals surface area contributed by atoms with E-state index < -0.39 is 17.9 Å². The molecule has 1 atom stereocenters. The molecular weight excluding hydrogens is 298 g/mol. The summed E-state index contributed by atoms with van der Waals surface area (Å²) in [4.78, 5) is 22.9. The molecule has 7 heteroatoms. The first kappa shape index (κ1) is 17.1. The minimum atomic E-state index is -0.965. The van der Waals surface area contributed by atoms with Gasteiger partial charge in [0.1, 0.15) is 0 Å². The number of amides is 1. The van der Waals surface area contributed by atoms with Gasteiger partial charge < -0.3 is 19.9 Å². The molecule has 21 heavy (non-hydrogen) atoms. The van der Waals surface area contributed by atoms with Crippen LogP contribution in [0.4, 0.5) is 0 Å². The van der Waals surface area contributed by atoms with Crippen molar-refractivity contribution < 1.29 is 24.2 Å². The first-order valence-corrected chi connectivity index (χ1v) is 6.74. The van der Waals surface area contributed by atoms with Gasteiger partial charge in [0, 0.05) is 11.6 Å². The zero-order valence-electron chi connectivity index (χ0n) is 12.1. The number of nitrogens with one attached hydrogen (secondary N) is 1. The molecule has 0 aliphatic carbocycles. The van der Waals surface area contributed by atoms with Crippen LogP contribution in [-0.4, -0.2) is 37.2 Å². The zero-order chi connectivity index (χ0) is 16.0. The molecule has 1 amide bonds. The Labute approximate surface area is 128 Å². The Hall–Kier alpha value is -1.95. The summed E-state index contributed by atoms with van der Waals surface area (Å²) >= 11 is 6.03. The summed E-state index contributed by atoms with van der Waals surface area (Å²) in [7, 11) is 2.89. The van der Waals surface area contributed by atoms with Gasteiger partial charge in [-0.3, -0.25) is 9.59 Å². The van der Waals surface area contributed by atoms with Crippen LogP contribution in [0.5, 0.6) is 11.5 Å². The quantitative estimate of drug-likeness (QED) is 0.806. The summed E-state index contributed by atoms with van der Waals surface area (Å²) in [5.41, 5.74) is 0.279. The number of hydrogen-bond donors (Lipinski definition) is 2. The van der Waals surface area contributed by atoms with Crippen molar-refractivity contribution in [2.24, 2.45) is 0 Å². The van der Waals surface area contributed by atoms with Crippen LogP contribution >= 0.6 is 11.6 Å². The molecule has 0 aliphatic heterocycles. The van der Waals surface area contributed by atoms with Crippen molar-refractivity contribution in [3.8, 4) is 11.5 Å². The van der Waals surface area contributed by atoms with Crippen LogP contribution < -0.4 is 14.8 Å². The van der Waals surface area contributed by atoms with Crippen LogP contribution in [0, 0.1) is 0 Å². The van der Waals surface area contributed by atoms with Crippen molar-refractivity contribution in [2.75, 3.05) is 14.2 Å². The number of ether oxygens (including phenoxy) is 2. The Morgan fingerprint density at radius 2 is 2.00 bits per heavy atom. The summed E-state index contributed by atoms with van der Waals surface area (Å²) < 4.78 is 10.2. The first-order valence-electron chi connectivity index (χ1n) is 6.37. The van der Waals surface area contributed by atoms with Gasteiger partial charge in [0.05, 0.1) is 25.7 Å². The molecule has 0 heterocycles. The molecule has 1 aromatic rings. The van der Waals surface area contributed by atoms with E-state index >= 15 is 0 Å². The van der Waals surface area contributed by atoms with Gasteiger partial charge in [0.25, 0.3) is 5.91 Å². The highest BCUT2D eigenvalue weighted by Gasteiger charge is 2.18. The Morgan fingerprint density at radius 1 is 1.33 bits per heavy atom. The molecule has 0 radical (unpaired) electrons. The standard InChI is InChI=1S/C14H18ClNO5/c1-4-9(7-12(17)18)16-14(19)8-5-10(15)13(21-3)11(6-8)20-2/h5-6,9H,4,7H2,1-3H3,(H,16,19)(H,17,18). The predicted molar refractivity (Wildman–Crippen MR) is 78.4 cm³/mol. The number of benzene rings is 1. The number of carbonyl (C=O) groups excluding carboxylic acids is 1. The van der Waals surface area contributed by atoms with Crippen LogP contribution in [0.2, 0.25) is 5.02 Å². The third-order valence-electron chi connectivity index (χ3n) is 2.94. The number of halogens is 1. The Kier molecular flexibility index (Phi) is 6.30. The van der Waals surface area contributed by atoms with Gasteiger partial charge in [0.2, 0.25) is 0 Å². The molecule has 0 spiro atoms. The third kappa shape index (κ3) is 4.53. The monoisotopic (exact) mass is 315 g/mol. The molecular formula is C14H18ClNO5. The summed E-state index contributed by atoms with van der Waals surface area (Å²) in [6.07, 6.45) is 0.377. The number of carboxylic acid groups (broad SMARTS) is 1. The molecule has 0 saturated heterocycles. The number of hydrogen-bond acceptors (Lipinski definition) is 4. The topological polar surface area (TPSA) is 84.9 Å². The predicted octanol–water partition coefficient (Wildman–Crippen LogP) is 2.34. The Bertz CT molecular complexity index is 532. The van der Waals surface area contributed by atoms with E-state index in [-0.39, 0.29) is 17.0 Å². The van der Waals surface area contributed by atoms with Crippen LogP contribution in [-0.2, 0) is 4.79 Å². The second kappa shape index (κ2) is 7.73. The molecule has 1 aromatic carbocycles. The van der Waals surface area contributed by atoms with Crippen LogP contribution in [0.1, 0.15) is 30.1 Å². The molecule has 1 rings (SSSR count). The fourth-order valence-corrected chi connectivity index (χ4v) is 2.11. The average molecular weight is 316 g/mol. The Morgan fingerprint density at radius 3 is 2.48 bits per heavy atom. The van der Waals surface area contributed by atoms with E-state index in [1.165, 1.54) is 26.4 Å². The zero-order valence-corrected chi connectivity index (χ0v) is 12.9. The molecule has 0 fully saturated rings. The van der Waals surface area contributed by atoms with Crippen molar-refractivity contribution in [1.29, 1.82) is 0 Å². The van der Waals surface area contributed by atoms with E-state index in [0.29, 0.717) is 17.9 Å². The number of methoxy groups -OCH3 is 2. The van der Waals surface area contributed by atoms with E-state index in [0.717, 1.165) is 0 Å². The van der Waals surface area contributed by atoms with Gasteiger partial charge in [0.15, 0.2) is 11.5 Å². The number of carboxylic acids is 1. The van der Waals surface area contributed by atoms with Crippen molar-refractivity contribution >= 4 is 23.5 Å². The number of carbonyl (C=O) groups is 2. The van der Waals surface area contributed by atoms with E-state index in [1.54, 1.807) is 6.92 Å². The molecule has 6 nitrogen and oxygen atoms in total. The normalized spacial score (nSPS) is 11.6. The number of rotatable bonds is 7. The lowest BCUT2D eigenvalue weighted by atomic mass is 10.1. The lowest BCUT2D eigenvalue weighted by Crippen LogP contribution is -2.36. The van der Waals surface area contributed by atoms with E-state index in [4.69, 9.17) is 26.2 Å². The van der Waals surface area contributed by atoms with Crippen molar-refractivity contribution in [3.63, 3.8) is 0 Å².